The van der Waals surface area contributed by atoms with Gasteiger partial charge < -0.3 is 5.32 Å². The first-order chi connectivity index (χ1) is 9.99. The average molecular weight is 353 g/mol. The van der Waals surface area contributed by atoms with Gasteiger partial charge in [-0.25, -0.2) is 0 Å². The lowest BCUT2D eigenvalue weighted by atomic mass is 10.0. The molecule has 4 nitrogen and oxygen atoms in total. The number of amides is 2. The fourth-order valence-corrected chi connectivity index (χ4v) is 3.40. The first kappa shape index (κ1) is 16.0. The van der Waals surface area contributed by atoms with E-state index in [2.05, 4.69) is 21.2 Å². The number of rotatable bonds is 4. The van der Waals surface area contributed by atoms with Gasteiger partial charge in [-0.1, -0.05) is 26.3 Å². The van der Waals surface area contributed by atoms with Crippen LogP contribution in [-0.4, -0.2) is 23.9 Å². The summed E-state index contributed by atoms with van der Waals surface area (Å²) in [6.07, 6.45) is 2.12. The van der Waals surface area contributed by atoms with Gasteiger partial charge in [0.2, 0.25) is 11.8 Å². The molecule has 0 radical (unpaired) electrons. The highest BCUT2D eigenvalue weighted by Gasteiger charge is 2.40. The number of nitrogens with one attached hydrogen (secondary N) is 1. The molecular weight excluding hydrogens is 332 g/mol. The lowest BCUT2D eigenvalue weighted by Gasteiger charge is -2.39. The van der Waals surface area contributed by atoms with Crippen LogP contribution in [0.15, 0.2) is 22.7 Å². The molecule has 1 aliphatic heterocycles. The van der Waals surface area contributed by atoms with E-state index >= 15 is 0 Å². The molecule has 0 aromatic heterocycles. The molecule has 114 valence electrons. The molecule has 2 unspecified atom stereocenters. The van der Waals surface area contributed by atoms with Crippen LogP contribution in [0.5, 0.6) is 0 Å². The summed E-state index contributed by atoms with van der Waals surface area (Å²) in [6.45, 7) is 5.93. The second kappa shape index (κ2) is 6.60. The van der Waals surface area contributed by atoms with Crippen LogP contribution in [0, 0.1) is 6.92 Å². The highest BCUT2D eigenvalue weighted by Crippen LogP contribution is 2.32. The quantitative estimate of drug-likeness (QED) is 0.904. The highest BCUT2D eigenvalue weighted by atomic mass is 79.9. The average Bonchev–Trinajstić information content (AvgIpc) is 2.43. The van der Waals surface area contributed by atoms with Gasteiger partial charge >= 0.3 is 0 Å². The smallest absolute Gasteiger partial charge is 0.250 e. The summed E-state index contributed by atoms with van der Waals surface area (Å²) in [6, 6.07) is 4.97. The predicted molar refractivity (Wildman–Crippen MR) is 87.3 cm³/mol. The summed E-state index contributed by atoms with van der Waals surface area (Å²) in [4.78, 5) is 26.7. The fourth-order valence-electron chi connectivity index (χ4n) is 2.71. The lowest BCUT2D eigenvalue weighted by Crippen LogP contribution is -2.63. The van der Waals surface area contributed by atoms with Crippen molar-refractivity contribution in [3.8, 4) is 0 Å². The molecule has 0 bridgehead atoms. The molecule has 0 spiro atoms. The van der Waals surface area contributed by atoms with E-state index in [9.17, 15) is 9.59 Å². The topological polar surface area (TPSA) is 49.4 Å². The third kappa shape index (κ3) is 3.12. The lowest BCUT2D eigenvalue weighted by molar-refractivity contribution is -0.134. The largest absolute Gasteiger partial charge is 0.342 e. The van der Waals surface area contributed by atoms with Crippen molar-refractivity contribution in [1.29, 1.82) is 0 Å². The normalized spacial score (nSPS) is 22.4. The Bertz CT molecular complexity index is 559. The molecule has 2 rings (SSSR count). The number of nitrogens with zero attached hydrogens (tertiary/aromatic N) is 1. The summed E-state index contributed by atoms with van der Waals surface area (Å²) in [5, 5.41) is 2.85. The molecule has 5 heteroatoms. The summed E-state index contributed by atoms with van der Waals surface area (Å²) < 4.78 is 0.847. The van der Waals surface area contributed by atoms with Crippen LogP contribution in [0.25, 0.3) is 0 Å². The maximum Gasteiger partial charge on any atom is 0.250 e. The van der Waals surface area contributed by atoms with Crippen molar-refractivity contribution in [3.05, 3.63) is 28.2 Å². The van der Waals surface area contributed by atoms with Crippen LogP contribution in [0.3, 0.4) is 0 Å². The minimum atomic E-state index is -0.440. The zero-order valence-electron chi connectivity index (χ0n) is 12.6. The van der Waals surface area contributed by atoms with E-state index in [-0.39, 0.29) is 11.8 Å². The van der Waals surface area contributed by atoms with Gasteiger partial charge in [0.15, 0.2) is 0 Å². The van der Waals surface area contributed by atoms with Crippen molar-refractivity contribution in [3.63, 3.8) is 0 Å². The van der Waals surface area contributed by atoms with Crippen LogP contribution in [-0.2, 0) is 9.59 Å². The minimum absolute atomic E-state index is 0.0205. The number of carbonyl (C=O) groups is 2. The SMILES string of the molecule is CCCC1NC(=O)C(CC)N(c2ccc(C)cc2Br)C1=O. The Balaban J connectivity index is 2.44. The maximum absolute atomic E-state index is 12.8. The fraction of sp³-hybridized carbons (Fsp3) is 0.500. The molecule has 1 aliphatic rings. The van der Waals surface area contributed by atoms with E-state index in [1.807, 2.05) is 39.0 Å². The van der Waals surface area contributed by atoms with Gasteiger partial charge in [0.25, 0.3) is 0 Å². The summed E-state index contributed by atoms with van der Waals surface area (Å²) in [7, 11) is 0. The number of halogens is 1. The monoisotopic (exact) mass is 352 g/mol. The Morgan fingerprint density at radius 1 is 1.29 bits per heavy atom. The number of carbonyl (C=O) groups excluding carboxylic acids is 2. The second-order valence-electron chi connectivity index (χ2n) is 5.44. The minimum Gasteiger partial charge on any atom is -0.342 e. The van der Waals surface area contributed by atoms with Gasteiger partial charge in [0, 0.05) is 4.47 Å². The van der Waals surface area contributed by atoms with Crippen LogP contribution in [0.4, 0.5) is 5.69 Å². The van der Waals surface area contributed by atoms with Crippen molar-refractivity contribution in [2.24, 2.45) is 0 Å². The summed E-state index contributed by atoms with van der Waals surface area (Å²) in [5.74, 6) is -0.0871. The van der Waals surface area contributed by atoms with Gasteiger partial charge in [-0.05, 0) is 53.4 Å². The predicted octanol–water partition coefficient (Wildman–Crippen LogP) is 3.17. The molecule has 1 aromatic carbocycles. The summed E-state index contributed by atoms with van der Waals surface area (Å²) in [5.41, 5.74) is 1.88. The van der Waals surface area contributed by atoms with Crippen LogP contribution in [0.1, 0.15) is 38.7 Å². The molecule has 1 aromatic rings. The molecule has 1 fully saturated rings. The van der Waals surface area contributed by atoms with E-state index in [1.54, 1.807) is 4.90 Å². The Hall–Kier alpha value is -1.36. The Kier molecular flexibility index (Phi) is 5.04. The van der Waals surface area contributed by atoms with Crippen LogP contribution in [0.2, 0.25) is 0 Å². The zero-order valence-corrected chi connectivity index (χ0v) is 14.2. The molecule has 2 atom stereocenters. The number of piperazine rings is 1. The molecule has 1 saturated heterocycles. The first-order valence-electron chi connectivity index (χ1n) is 7.39. The molecular formula is C16H21BrN2O2. The first-order valence-corrected chi connectivity index (χ1v) is 8.18. The summed E-state index contributed by atoms with van der Waals surface area (Å²) >= 11 is 3.52. The van der Waals surface area contributed by atoms with Crippen molar-refractivity contribution in [2.45, 2.75) is 52.1 Å². The number of benzene rings is 1. The Labute approximate surface area is 134 Å². The molecule has 21 heavy (non-hydrogen) atoms. The van der Waals surface area contributed by atoms with Gasteiger partial charge in [0.1, 0.15) is 12.1 Å². The van der Waals surface area contributed by atoms with Crippen LogP contribution < -0.4 is 10.2 Å². The molecule has 0 saturated carbocycles. The zero-order chi connectivity index (χ0) is 15.6. The number of aryl methyl sites for hydroxylation is 1. The second-order valence-corrected chi connectivity index (χ2v) is 6.29. The van der Waals surface area contributed by atoms with Crippen LogP contribution >= 0.6 is 15.9 Å². The van der Waals surface area contributed by atoms with Crippen molar-refractivity contribution >= 4 is 33.4 Å². The Morgan fingerprint density at radius 2 is 2.00 bits per heavy atom. The maximum atomic E-state index is 12.8. The van der Waals surface area contributed by atoms with E-state index in [0.29, 0.717) is 12.8 Å². The van der Waals surface area contributed by atoms with E-state index in [4.69, 9.17) is 0 Å². The number of anilines is 1. The Morgan fingerprint density at radius 3 is 2.57 bits per heavy atom. The van der Waals surface area contributed by atoms with E-state index in [1.165, 1.54) is 0 Å². The molecule has 0 aliphatic carbocycles. The molecule has 2 amide bonds. The van der Waals surface area contributed by atoms with E-state index < -0.39 is 12.1 Å². The number of hydrogen-bond donors (Lipinski definition) is 1. The van der Waals surface area contributed by atoms with Gasteiger partial charge in [0.05, 0.1) is 5.69 Å². The van der Waals surface area contributed by atoms with Gasteiger partial charge in [-0.15, -0.1) is 0 Å². The van der Waals surface area contributed by atoms with Gasteiger partial charge in [-0.2, -0.15) is 0 Å². The number of hydrogen-bond acceptors (Lipinski definition) is 2. The standard InChI is InChI=1S/C16H21BrN2O2/c1-4-6-12-16(21)19(13(5-2)15(20)18-12)14-8-7-10(3)9-11(14)17/h7-9,12-13H,4-6H2,1-3H3,(H,18,20). The molecule has 1 N–H and O–H groups in total. The van der Waals surface area contributed by atoms with Crippen molar-refractivity contribution in [1.82, 2.24) is 5.32 Å². The molecule has 1 heterocycles. The van der Waals surface area contributed by atoms with Crippen molar-refractivity contribution in [2.75, 3.05) is 4.90 Å². The highest BCUT2D eigenvalue weighted by molar-refractivity contribution is 9.10. The van der Waals surface area contributed by atoms with Gasteiger partial charge in [-0.3, -0.25) is 14.5 Å². The third-order valence-corrected chi connectivity index (χ3v) is 4.43. The van der Waals surface area contributed by atoms with E-state index in [0.717, 1.165) is 22.1 Å². The van der Waals surface area contributed by atoms with Crippen molar-refractivity contribution < 1.29 is 9.59 Å². The third-order valence-electron chi connectivity index (χ3n) is 3.79.